The third kappa shape index (κ3) is 2.69. The highest BCUT2D eigenvalue weighted by atomic mass is 79.9. The van der Waals surface area contributed by atoms with Crippen molar-refractivity contribution in [3.8, 4) is 0 Å². The normalized spacial score (nSPS) is 19.2. The first-order chi connectivity index (χ1) is 8.22. The van der Waals surface area contributed by atoms with E-state index in [9.17, 15) is 4.39 Å². The van der Waals surface area contributed by atoms with Crippen molar-refractivity contribution >= 4 is 21.6 Å². The second-order valence-corrected chi connectivity index (χ2v) is 4.39. The zero-order valence-electron chi connectivity index (χ0n) is 8.88. The maximum atomic E-state index is 13.4. The average molecular weight is 301 g/mol. The van der Waals surface area contributed by atoms with Crippen molar-refractivity contribution in [2.75, 3.05) is 24.6 Å². The minimum absolute atomic E-state index is 0.216. The number of hydrogen-bond acceptors (Lipinski definition) is 3. The van der Waals surface area contributed by atoms with Crippen LogP contribution in [0.2, 0.25) is 0 Å². The molecule has 0 N–H and O–H groups in total. The molecular weight excluding hydrogens is 291 g/mol. The van der Waals surface area contributed by atoms with Gasteiger partial charge in [-0.15, -0.1) is 0 Å². The van der Waals surface area contributed by atoms with Gasteiger partial charge in [0.05, 0.1) is 17.6 Å². The molecule has 1 saturated heterocycles. The summed E-state index contributed by atoms with van der Waals surface area (Å²) in [6.45, 7) is 1.42. The lowest BCUT2D eigenvalue weighted by Crippen LogP contribution is -2.32. The van der Waals surface area contributed by atoms with E-state index in [2.05, 4.69) is 26.0 Å². The molecule has 0 amide bonds. The standard InChI is InChI=1S/C10H10BrFN4O/c11-8-2-1-7(5-9(8)12)16-3-4-17-10(16)6-14-15-13/h1-2,5,10H,3-4,6H2/t10-/m1/s1. The molecule has 0 saturated carbocycles. The summed E-state index contributed by atoms with van der Waals surface area (Å²) in [7, 11) is 0. The number of halogens is 2. The molecule has 17 heavy (non-hydrogen) atoms. The highest BCUT2D eigenvalue weighted by Crippen LogP contribution is 2.26. The van der Waals surface area contributed by atoms with Crippen LogP contribution >= 0.6 is 15.9 Å². The van der Waals surface area contributed by atoms with Gasteiger partial charge in [0.2, 0.25) is 0 Å². The van der Waals surface area contributed by atoms with Crippen LogP contribution < -0.4 is 4.90 Å². The van der Waals surface area contributed by atoms with Crippen molar-refractivity contribution in [2.24, 2.45) is 5.11 Å². The molecule has 0 aromatic heterocycles. The Bertz CT molecular complexity index is 464. The van der Waals surface area contributed by atoms with Gasteiger partial charge in [0.1, 0.15) is 12.0 Å². The molecule has 0 unspecified atom stereocenters. The molecule has 0 spiro atoms. The Balaban J connectivity index is 2.19. The molecule has 1 aliphatic rings. The maximum Gasteiger partial charge on any atom is 0.139 e. The van der Waals surface area contributed by atoms with E-state index in [4.69, 9.17) is 10.3 Å². The van der Waals surface area contributed by atoms with Gasteiger partial charge in [0, 0.05) is 17.1 Å². The van der Waals surface area contributed by atoms with Crippen molar-refractivity contribution in [2.45, 2.75) is 6.23 Å². The quantitative estimate of drug-likeness (QED) is 0.489. The van der Waals surface area contributed by atoms with Crippen LogP contribution in [-0.2, 0) is 4.74 Å². The van der Waals surface area contributed by atoms with Crippen LogP contribution in [-0.4, -0.2) is 25.9 Å². The van der Waals surface area contributed by atoms with Crippen molar-refractivity contribution < 1.29 is 9.13 Å². The summed E-state index contributed by atoms with van der Waals surface area (Å²) in [5.41, 5.74) is 9.01. The maximum absolute atomic E-state index is 13.4. The van der Waals surface area contributed by atoms with E-state index in [-0.39, 0.29) is 18.6 Å². The third-order valence-electron chi connectivity index (χ3n) is 2.53. The first kappa shape index (κ1) is 12.2. The minimum Gasteiger partial charge on any atom is -0.356 e. The van der Waals surface area contributed by atoms with E-state index < -0.39 is 0 Å². The molecule has 1 aromatic carbocycles. The molecule has 1 aromatic rings. The summed E-state index contributed by atoms with van der Waals surface area (Å²) in [5.74, 6) is -0.322. The van der Waals surface area contributed by atoms with Gasteiger partial charge >= 0.3 is 0 Å². The summed E-state index contributed by atoms with van der Waals surface area (Å²) < 4.78 is 19.3. The SMILES string of the molecule is [N-]=[N+]=NC[C@H]1OCCN1c1ccc(Br)c(F)c1. The summed E-state index contributed by atoms with van der Waals surface area (Å²) in [6.07, 6.45) is -0.313. The highest BCUT2D eigenvalue weighted by molar-refractivity contribution is 9.10. The van der Waals surface area contributed by atoms with Crippen LogP contribution in [0.15, 0.2) is 27.8 Å². The Kier molecular flexibility index (Phi) is 3.83. The van der Waals surface area contributed by atoms with Gasteiger partial charge < -0.3 is 9.64 Å². The fourth-order valence-electron chi connectivity index (χ4n) is 1.74. The molecule has 1 heterocycles. The summed E-state index contributed by atoms with van der Waals surface area (Å²) in [4.78, 5) is 4.57. The largest absolute Gasteiger partial charge is 0.356 e. The minimum atomic E-state index is -0.322. The monoisotopic (exact) mass is 300 g/mol. The molecule has 0 bridgehead atoms. The van der Waals surface area contributed by atoms with Crippen molar-refractivity contribution in [3.05, 3.63) is 38.9 Å². The summed E-state index contributed by atoms with van der Waals surface area (Å²) in [6, 6.07) is 4.88. The first-order valence-corrected chi connectivity index (χ1v) is 5.86. The zero-order chi connectivity index (χ0) is 12.3. The topological polar surface area (TPSA) is 61.2 Å². The molecule has 1 fully saturated rings. The van der Waals surface area contributed by atoms with E-state index in [0.29, 0.717) is 17.6 Å². The smallest absolute Gasteiger partial charge is 0.139 e. The van der Waals surface area contributed by atoms with Gasteiger partial charge in [-0.3, -0.25) is 0 Å². The molecule has 5 nitrogen and oxygen atoms in total. The number of azide groups is 1. The van der Waals surface area contributed by atoms with Crippen LogP contribution in [0.25, 0.3) is 10.4 Å². The van der Waals surface area contributed by atoms with Crippen LogP contribution in [0.5, 0.6) is 0 Å². The van der Waals surface area contributed by atoms with Crippen molar-refractivity contribution in [1.29, 1.82) is 0 Å². The van der Waals surface area contributed by atoms with Crippen LogP contribution in [0, 0.1) is 5.82 Å². The van der Waals surface area contributed by atoms with E-state index in [1.54, 1.807) is 12.1 Å². The van der Waals surface area contributed by atoms with Gasteiger partial charge in [-0.2, -0.15) is 0 Å². The average Bonchev–Trinajstić information content (AvgIpc) is 2.78. The summed E-state index contributed by atoms with van der Waals surface area (Å²) in [5, 5.41) is 3.48. The zero-order valence-corrected chi connectivity index (χ0v) is 10.5. The number of hydrogen-bond donors (Lipinski definition) is 0. The number of benzene rings is 1. The summed E-state index contributed by atoms with van der Waals surface area (Å²) >= 11 is 3.10. The number of anilines is 1. The van der Waals surface area contributed by atoms with Crippen molar-refractivity contribution in [1.82, 2.24) is 0 Å². The second-order valence-electron chi connectivity index (χ2n) is 3.53. The Morgan fingerprint density at radius 1 is 1.65 bits per heavy atom. The number of ether oxygens (including phenoxy) is 1. The van der Waals surface area contributed by atoms with Gasteiger partial charge in [0.25, 0.3) is 0 Å². The predicted octanol–water partition coefficient (Wildman–Crippen LogP) is 3.06. The first-order valence-electron chi connectivity index (χ1n) is 5.06. The lowest BCUT2D eigenvalue weighted by Gasteiger charge is -2.23. The lowest BCUT2D eigenvalue weighted by molar-refractivity contribution is 0.119. The van der Waals surface area contributed by atoms with Crippen molar-refractivity contribution in [3.63, 3.8) is 0 Å². The fraction of sp³-hybridized carbons (Fsp3) is 0.400. The van der Waals surface area contributed by atoms with Gasteiger partial charge in [-0.1, -0.05) is 5.11 Å². The van der Waals surface area contributed by atoms with Crippen LogP contribution in [0.4, 0.5) is 10.1 Å². The Morgan fingerprint density at radius 2 is 2.47 bits per heavy atom. The van der Waals surface area contributed by atoms with E-state index in [1.165, 1.54) is 6.07 Å². The van der Waals surface area contributed by atoms with Gasteiger partial charge in [-0.25, -0.2) is 4.39 Å². The van der Waals surface area contributed by atoms with Crippen LogP contribution in [0.3, 0.4) is 0 Å². The van der Waals surface area contributed by atoms with Crippen LogP contribution in [0.1, 0.15) is 0 Å². The third-order valence-corrected chi connectivity index (χ3v) is 3.17. The number of nitrogens with zero attached hydrogens (tertiary/aromatic N) is 4. The lowest BCUT2D eigenvalue weighted by atomic mass is 10.2. The second kappa shape index (κ2) is 5.35. The molecular formula is C10H10BrFN4O. The van der Waals surface area contributed by atoms with E-state index in [0.717, 1.165) is 5.69 Å². The van der Waals surface area contributed by atoms with Gasteiger partial charge in [-0.05, 0) is 39.7 Å². The van der Waals surface area contributed by atoms with E-state index in [1.807, 2.05) is 4.90 Å². The Morgan fingerprint density at radius 3 is 3.18 bits per heavy atom. The molecule has 90 valence electrons. The molecule has 1 atom stereocenters. The van der Waals surface area contributed by atoms with Gasteiger partial charge in [0.15, 0.2) is 0 Å². The molecule has 0 aliphatic carbocycles. The highest BCUT2D eigenvalue weighted by Gasteiger charge is 2.25. The molecule has 0 radical (unpaired) electrons. The molecule has 2 rings (SSSR count). The predicted molar refractivity (Wildman–Crippen MR) is 65.2 cm³/mol. The molecule has 1 aliphatic heterocycles. The Labute approximate surface area is 106 Å². The number of rotatable bonds is 3. The fourth-order valence-corrected chi connectivity index (χ4v) is 1.98. The Hall–Kier alpha value is -1.30. The molecule has 7 heteroatoms. The van der Waals surface area contributed by atoms with E-state index >= 15 is 0 Å².